The standard InChI is InChI=1S/C16H19IN4O/c17-14-13-12(10-5-1-2-6-11(10)20-14)16(21-15(13)18)19-8-9-4-3-7-22-9/h9H,1-8H2,(H2,18,19,21)/t9-/m0/s1. The third-order valence-corrected chi connectivity index (χ3v) is 5.39. The number of nitrogens with zero attached hydrogens (tertiary/aromatic N) is 3. The van der Waals surface area contributed by atoms with E-state index in [9.17, 15) is 0 Å². The molecule has 1 fully saturated rings. The molecular formula is C16H19IN4O. The summed E-state index contributed by atoms with van der Waals surface area (Å²) in [7, 11) is 0. The van der Waals surface area contributed by atoms with E-state index in [-0.39, 0.29) is 6.10 Å². The monoisotopic (exact) mass is 410 g/mol. The van der Waals surface area contributed by atoms with Crippen molar-refractivity contribution in [2.24, 2.45) is 15.7 Å². The minimum atomic E-state index is 0.240. The first-order valence-corrected chi connectivity index (χ1v) is 9.04. The number of hydrogen-bond donors (Lipinski definition) is 1. The number of aryl methyl sites for hydroxylation is 1. The molecule has 0 aromatic carbocycles. The van der Waals surface area contributed by atoms with Gasteiger partial charge >= 0.3 is 0 Å². The maximum absolute atomic E-state index is 6.15. The quantitative estimate of drug-likeness (QED) is 0.600. The van der Waals surface area contributed by atoms with E-state index in [1.165, 1.54) is 24.1 Å². The molecule has 0 spiro atoms. The fourth-order valence-corrected chi connectivity index (χ4v) is 4.35. The zero-order valence-electron chi connectivity index (χ0n) is 12.4. The summed E-state index contributed by atoms with van der Waals surface area (Å²) >= 11 is 2.27. The molecule has 6 heteroatoms. The summed E-state index contributed by atoms with van der Waals surface area (Å²) in [6, 6.07) is 0. The fraction of sp³-hybridized carbons (Fsp3) is 0.562. The third-order valence-electron chi connectivity index (χ3n) is 4.60. The van der Waals surface area contributed by atoms with E-state index in [4.69, 9.17) is 20.4 Å². The highest BCUT2D eigenvalue weighted by atomic mass is 127. The topological polar surface area (TPSA) is 72.9 Å². The molecule has 4 rings (SSSR count). The minimum absolute atomic E-state index is 0.240. The van der Waals surface area contributed by atoms with Gasteiger partial charge in [-0.15, -0.1) is 0 Å². The van der Waals surface area contributed by atoms with E-state index in [1.807, 2.05) is 0 Å². The van der Waals surface area contributed by atoms with E-state index in [2.05, 4.69) is 27.6 Å². The number of fused-ring (bicyclic) bond motifs is 3. The molecule has 1 aromatic rings. The van der Waals surface area contributed by atoms with Crippen molar-refractivity contribution in [3.05, 3.63) is 26.1 Å². The zero-order valence-corrected chi connectivity index (χ0v) is 14.6. The van der Waals surface area contributed by atoms with E-state index >= 15 is 0 Å². The molecule has 1 saturated heterocycles. The average Bonchev–Trinajstić information content (AvgIpc) is 3.13. The number of halogens is 1. The number of hydrogen-bond acceptors (Lipinski definition) is 4. The lowest BCUT2D eigenvalue weighted by Gasteiger charge is -2.19. The second kappa shape index (κ2) is 5.88. The molecule has 3 aliphatic rings. The van der Waals surface area contributed by atoms with E-state index in [1.54, 1.807) is 0 Å². The molecule has 0 radical (unpaired) electrons. The highest BCUT2D eigenvalue weighted by molar-refractivity contribution is 14.1. The van der Waals surface area contributed by atoms with Crippen LogP contribution in [0.1, 0.15) is 48.1 Å². The maximum atomic E-state index is 6.15. The summed E-state index contributed by atoms with van der Waals surface area (Å²) in [6.07, 6.45) is 7.00. The van der Waals surface area contributed by atoms with Gasteiger partial charge in [-0.05, 0) is 66.7 Å². The number of pyridine rings is 1. The van der Waals surface area contributed by atoms with Crippen LogP contribution in [0, 0.1) is 3.70 Å². The molecule has 1 atom stereocenters. The van der Waals surface area contributed by atoms with Crippen LogP contribution < -0.4 is 5.73 Å². The molecule has 5 nitrogen and oxygen atoms in total. The molecule has 1 aromatic heterocycles. The van der Waals surface area contributed by atoms with Crippen LogP contribution in [0.15, 0.2) is 9.98 Å². The van der Waals surface area contributed by atoms with Crippen LogP contribution in [0.25, 0.3) is 0 Å². The summed E-state index contributed by atoms with van der Waals surface area (Å²) in [5.41, 5.74) is 10.8. The van der Waals surface area contributed by atoms with Gasteiger partial charge in [0.05, 0.1) is 18.2 Å². The van der Waals surface area contributed by atoms with Gasteiger partial charge in [-0.3, -0.25) is 4.99 Å². The summed E-state index contributed by atoms with van der Waals surface area (Å²) < 4.78 is 6.62. The van der Waals surface area contributed by atoms with Crippen molar-refractivity contribution < 1.29 is 4.74 Å². The predicted octanol–water partition coefficient (Wildman–Crippen LogP) is 2.21. The van der Waals surface area contributed by atoms with Crippen molar-refractivity contribution in [2.75, 3.05) is 13.2 Å². The van der Waals surface area contributed by atoms with Crippen molar-refractivity contribution in [3.63, 3.8) is 0 Å². The molecule has 0 bridgehead atoms. The van der Waals surface area contributed by atoms with Crippen LogP contribution in [0.5, 0.6) is 0 Å². The molecule has 0 unspecified atom stereocenters. The lowest BCUT2D eigenvalue weighted by atomic mass is 9.90. The smallest absolute Gasteiger partial charge is 0.158 e. The summed E-state index contributed by atoms with van der Waals surface area (Å²) in [5.74, 6) is 1.35. The molecule has 2 aliphatic heterocycles. The van der Waals surface area contributed by atoms with Crippen LogP contribution in [0.4, 0.5) is 0 Å². The number of nitrogens with two attached hydrogens (primary N) is 1. The molecule has 0 amide bonds. The Kier molecular flexibility index (Phi) is 3.89. The van der Waals surface area contributed by atoms with Gasteiger partial charge in [0.2, 0.25) is 0 Å². The fourth-order valence-electron chi connectivity index (χ4n) is 3.51. The van der Waals surface area contributed by atoms with Crippen molar-refractivity contribution in [3.8, 4) is 0 Å². The first-order chi connectivity index (χ1) is 10.7. The summed E-state index contributed by atoms with van der Waals surface area (Å²) in [6.45, 7) is 1.54. The van der Waals surface area contributed by atoms with Crippen molar-refractivity contribution in [2.45, 2.75) is 44.6 Å². The third kappa shape index (κ3) is 2.46. The Labute approximate surface area is 143 Å². The Balaban J connectivity index is 1.75. The Morgan fingerprint density at radius 2 is 2.09 bits per heavy atom. The van der Waals surface area contributed by atoms with Crippen molar-refractivity contribution in [1.82, 2.24) is 4.98 Å². The Morgan fingerprint density at radius 1 is 1.23 bits per heavy atom. The van der Waals surface area contributed by atoms with Crippen molar-refractivity contribution >= 4 is 34.3 Å². The summed E-state index contributed by atoms with van der Waals surface area (Å²) in [5, 5.41) is 0. The normalized spacial score (nSPS) is 25.2. The Bertz CT molecular complexity index is 677. The highest BCUT2D eigenvalue weighted by Crippen LogP contribution is 2.32. The summed E-state index contributed by atoms with van der Waals surface area (Å²) in [4.78, 5) is 14.0. The largest absolute Gasteiger partial charge is 0.383 e. The number of amidine groups is 2. The van der Waals surface area contributed by atoms with Crippen LogP contribution >= 0.6 is 22.6 Å². The SMILES string of the molecule is NC1=NC(=NC[C@@H]2CCCO2)c2c3c(nc(I)c21)CCCC3. The van der Waals surface area contributed by atoms with E-state index in [0.29, 0.717) is 12.4 Å². The average molecular weight is 410 g/mol. The molecule has 116 valence electrons. The van der Waals surface area contributed by atoms with Gasteiger partial charge in [0.25, 0.3) is 0 Å². The molecule has 22 heavy (non-hydrogen) atoms. The Hall–Kier alpha value is -1.02. The van der Waals surface area contributed by atoms with E-state index in [0.717, 1.165) is 53.0 Å². The van der Waals surface area contributed by atoms with Gasteiger partial charge in [-0.1, -0.05) is 0 Å². The first-order valence-electron chi connectivity index (χ1n) is 7.96. The van der Waals surface area contributed by atoms with Gasteiger partial charge in [0.1, 0.15) is 9.54 Å². The number of aliphatic imine (C=N–C) groups is 2. The highest BCUT2D eigenvalue weighted by Gasteiger charge is 2.30. The van der Waals surface area contributed by atoms with Gasteiger partial charge in [-0.25, -0.2) is 9.98 Å². The second-order valence-electron chi connectivity index (χ2n) is 6.08. The minimum Gasteiger partial charge on any atom is -0.383 e. The second-order valence-corrected chi connectivity index (χ2v) is 7.10. The predicted molar refractivity (Wildman–Crippen MR) is 94.7 cm³/mol. The molecular weight excluding hydrogens is 391 g/mol. The van der Waals surface area contributed by atoms with Gasteiger partial charge < -0.3 is 10.5 Å². The van der Waals surface area contributed by atoms with Crippen LogP contribution in [-0.4, -0.2) is 35.9 Å². The van der Waals surface area contributed by atoms with E-state index < -0.39 is 0 Å². The van der Waals surface area contributed by atoms with Gasteiger partial charge in [-0.2, -0.15) is 0 Å². The molecule has 0 saturated carbocycles. The number of aromatic nitrogens is 1. The maximum Gasteiger partial charge on any atom is 0.158 e. The number of ether oxygens (including phenoxy) is 1. The lowest BCUT2D eigenvalue weighted by molar-refractivity contribution is 0.118. The van der Waals surface area contributed by atoms with Crippen LogP contribution in [-0.2, 0) is 17.6 Å². The van der Waals surface area contributed by atoms with Gasteiger partial charge in [0.15, 0.2) is 5.84 Å². The molecule has 2 N–H and O–H groups in total. The van der Waals surface area contributed by atoms with Crippen molar-refractivity contribution in [1.29, 1.82) is 0 Å². The Morgan fingerprint density at radius 3 is 2.91 bits per heavy atom. The molecule has 1 aliphatic carbocycles. The molecule has 3 heterocycles. The van der Waals surface area contributed by atoms with Gasteiger partial charge in [0, 0.05) is 17.9 Å². The first kappa shape index (κ1) is 14.6. The zero-order chi connectivity index (χ0) is 15.1. The van der Waals surface area contributed by atoms with Crippen LogP contribution in [0.3, 0.4) is 0 Å². The lowest BCUT2D eigenvalue weighted by Crippen LogP contribution is -2.18. The number of rotatable bonds is 2. The van der Waals surface area contributed by atoms with Crippen LogP contribution in [0.2, 0.25) is 0 Å².